The Bertz CT molecular complexity index is 899. The summed E-state index contributed by atoms with van der Waals surface area (Å²) in [6.07, 6.45) is -2.34. The van der Waals surface area contributed by atoms with Crippen LogP contribution in [-0.4, -0.2) is 44.6 Å². The van der Waals surface area contributed by atoms with E-state index in [1.54, 1.807) is 6.92 Å². The largest absolute Gasteiger partial charge is 0.461 e. The zero-order chi connectivity index (χ0) is 21.2. The van der Waals surface area contributed by atoms with Crippen LogP contribution in [-0.2, 0) is 24.5 Å². The van der Waals surface area contributed by atoms with Gasteiger partial charge < -0.3 is 10.1 Å². The number of alkyl halides is 3. The maximum Gasteiger partial charge on any atom is 0.435 e. The van der Waals surface area contributed by atoms with Gasteiger partial charge in [0, 0.05) is 37.8 Å². The number of hydrogen-bond acceptors (Lipinski definition) is 5. The number of ether oxygens (including phenoxy) is 1. The van der Waals surface area contributed by atoms with E-state index in [-0.39, 0.29) is 37.0 Å². The van der Waals surface area contributed by atoms with Crippen molar-refractivity contribution < 1.29 is 27.5 Å². The van der Waals surface area contributed by atoms with Gasteiger partial charge in [0.2, 0.25) is 0 Å². The summed E-state index contributed by atoms with van der Waals surface area (Å²) < 4.78 is 46.3. The number of nitrogens with one attached hydrogen (secondary N) is 1. The van der Waals surface area contributed by atoms with Crippen molar-refractivity contribution >= 4 is 11.9 Å². The SMILES string of the molecule is CCOC(=O)c1cc(C(=O)NCCCn2nc(C(F)(F)F)cc2C2CC2)nn1C. The Labute approximate surface area is 165 Å². The summed E-state index contributed by atoms with van der Waals surface area (Å²) in [5.74, 6) is -0.925. The van der Waals surface area contributed by atoms with Crippen molar-refractivity contribution in [1.29, 1.82) is 0 Å². The number of carbonyl (C=O) groups excluding carboxylic acids is 2. The number of halogens is 3. The van der Waals surface area contributed by atoms with E-state index in [1.165, 1.54) is 22.5 Å². The summed E-state index contributed by atoms with van der Waals surface area (Å²) in [5.41, 5.74) is -0.0779. The highest BCUT2D eigenvalue weighted by Crippen LogP contribution is 2.42. The van der Waals surface area contributed by atoms with E-state index < -0.39 is 23.7 Å². The predicted molar refractivity (Wildman–Crippen MR) is 95.3 cm³/mol. The highest BCUT2D eigenvalue weighted by atomic mass is 19.4. The summed E-state index contributed by atoms with van der Waals surface area (Å²) >= 11 is 0. The first-order valence-corrected chi connectivity index (χ1v) is 9.35. The van der Waals surface area contributed by atoms with E-state index in [4.69, 9.17) is 4.74 Å². The first kappa shape index (κ1) is 20.9. The highest BCUT2D eigenvalue weighted by molar-refractivity contribution is 5.95. The van der Waals surface area contributed by atoms with Crippen molar-refractivity contribution in [2.24, 2.45) is 7.05 Å². The van der Waals surface area contributed by atoms with Gasteiger partial charge in [-0.05, 0) is 32.3 Å². The molecule has 2 aromatic rings. The fourth-order valence-corrected chi connectivity index (χ4v) is 2.95. The van der Waals surface area contributed by atoms with Crippen LogP contribution in [0.25, 0.3) is 0 Å². The van der Waals surface area contributed by atoms with E-state index in [2.05, 4.69) is 15.5 Å². The summed E-state index contributed by atoms with van der Waals surface area (Å²) in [4.78, 5) is 24.0. The summed E-state index contributed by atoms with van der Waals surface area (Å²) in [7, 11) is 1.53. The maximum absolute atomic E-state index is 12.9. The number of carbonyl (C=O) groups is 2. The van der Waals surface area contributed by atoms with Crippen LogP contribution in [0.1, 0.15) is 64.5 Å². The third-order valence-electron chi connectivity index (χ3n) is 4.53. The van der Waals surface area contributed by atoms with Gasteiger partial charge in [0.05, 0.1) is 6.61 Å². The average Bonchev–Trinajstić information content (AvgIpc) is 3.27. The lowest BCUT2D eigenvalue weighted by Gasteiger charge is -2.07. The van der Waals surface area contributed by atoms with Gasteiger partial charge in [-0.2, -0.15) is 23.4 Å². The van der Waals surface area contributed by atoms with Crippen molar-refractivity contribution in [3.8, 4) is 0 Å². The molecule has 0 atom stereocenters. The Kier molecular flexibility index (Phi) is 5.94. The Morgan fingerprint density at radius 2 is 2.00 bits per heavy atom. The lowest BCUT2D eigenvalue weighted by molar-refractivity contribution is -0.141. The van der Waals surface area contributed by atoms with Gasteiger partial charge in [0.25, 0.3) is 5.91 Å². The molecule has 1 aliphatic rings. The molecule has 0 aliphatic heterocycles. The Hall–Kier alpha value is -2.85. The second-order valence-corrected chi connectivity index (χ2v) is 6.82. The van der Waals surface area contributed by atoms with Gasteiger partial charge in [-0.3, -0.25) is 14.2 Å². The van der Waals surface area contributed by atoms with Gasteiger partial charge in [0.1, 0.15) is 5.69 Å². The molecular weight excluding hydrogens is 391 g/mol. The van der Waals surface area contributed by atoms with Crippen LogP contribution < -0.4 is 5.32 Å². The fraction of sp³-hybridized carbons (Fsp3) is 0.556. The molecule has 0 spiro atoms. The van der Waals surface area contributed by atoms with E-state index in [0.29, 0.717) is 12.1 Å². The predicted octanol–water partition coefficient (Wildman–Crippen LogP) is 2.51. The fourth-order valence-electron chi connectivity index (χ4n) is 2.95. The smallest absolute Gasteiger partial charge is 0.435 e. The first-order chi connectivity index (χ1) is 13.7. The maximum atomic E-state index is 12.9. The molecular formula is C18H22F3N5O3. The Morgan fingerprint density at radius 1 is 1.28 bits per heavy atom. The third-order valence-corrected chi connectivity index (χ3v) is 4.53. The molecule has 1 N–H and O–H groups in total. The number of amides is 1. The standard InChI is InChI=1S/C18H22F3N5O3/c1-3-29-17(28)14-9-12(23-25(14)2)16(27)22-7-4-8-26-13(11-5-6-11)10-15(24-26)18(19,20)21/h9-11H,3-8H2,1-2H3,(H,22,27). The topological polar surface area (TPSA) is 91.0 Å². The van der Waals surface area contributed by atoms with Crippen LogP contribution in [0.3, 0.4) is 0 Å². The molecule has 3 rings (SSSR count). The number of aryl methyl sites for hydroxylation is 2. The molecule has 29 heavy (non-hydrogen) atoms. The quantitative estimate of drug-likeness (QED) is 0.531. The summed E-state index contributed by atoms with van der Waals surface area (Å²) in [6, 6.07) is 2.45. The van der Waals surface area contributed by atoms with Crippen LogP contribution in [0.4, 0.5) is 13.2 Å². The zero-order valence-electron chi connectivity index (χ0n) is 16.1. The minimum atomic E-state index is -4.47. The number of hydrogen-bond donors (Lipinski definition) is 1. The molecule has 1 saturated carbocycles. The van der Waals surface area contributed by atoms with Crippen molar-refractivity contribution in [3.05, 3.63) is 34.9 Å². The third kappa shape index (κ3) is 4.96. The second-order valence-electron chi connectivity index (χ2n) is 6.82. The summed E-state index contributed by atoms with van der Waals surface area (Å²) in [6.45, 7) is 2.37. The van der Waals surface area contributed by atoms with Gasteiger partial charge in [0.15, 0.2) is 11.4 Å². The number of aromatic nitrogens is 4. The van der Waals surface area contributed by atoms with Crippen molar-refractivity contribution in [2.75, 3.05) is 13.2 Å². The minimum absolute atomic E-state index is 0.0627. The van der Waals surface area contributed by atoms with Crippen LogP contribution in [0.15, 0.2) is 12.1 Å². The van der Waals surface area contributed by atoms with Gasteiger partial charge in [-0.15, -0.1) is 0 Å². The molecule has 0 unspecified atom stereocenters. The van der Waals surface area contributed by atoms with Crippen LogP contribution in [0.2, 0.25) is 0 Å². The van der Waals surface area contributed by atoms with Crippen LogP contribution in [0.5, 0.6) is 0 Å². The normalized spacial score (nSPS) is 14.1. The van der Waals surface area contributed by atoms with Crippen molar-refractivity contribution in [1.82, 2.24) is 24.9 Å². The van der Waals surface area contributed by atoms with Crippen molar-refractivity contribution in [3.63, 3.8) is 0 Å². The van der Waals surface area contributed by atoms with Gasteiger partial charge in [-0.25, -0.2) is 4.79 Å². The van der Waals surface area contributed by atoms with E-state index in [0.717, 1.165) is 18.9 Å². The Morgan fingerprint density at radius 3 is 2.62 bits per heavy atom. The zero-order valence-corrected chi connectivity index (χ0v) is 16.1. The molecule has 0 saturated heterocycles. The van der Waals surface area contributed by atoms with Gasteiger partial charge >= 0.3 is 12.1 Å². The summed E-state index contributed by atoms with van der Waals surface area (Å²) in [5, 5.41) is 10.3. The average molecular weight is 413 g/mol. The monoisotopic (exact) mass is 413 g/mol. The second kappa shape index (κ2) is 8.26. The first-order valence-electron chi connectivity index (χ1n) is 9.35. The van der Waals surface area contributed by atoms with Crippen LogP contribution in [0, 0.1) is 0 Å². The molecule has 1 fully saturated rings. The number of esters is 1. The molecule has 1 aliphatic carbocycles. The molecule has 8 nitrogen and oxygen atoms in total. The number of rotatable bonds is 8. The lowest BCUT2D eigenvalue weighted by atomic mass is 10.2. The molecule has 1 amide bonds. The molecule has 11 heteroatoms. The van der Waals surface area contributed by atoms with Crippen LogP contribution >= 0.6 is 0 Å². The molecule has 0 aromatic carbocycles. The molecule has 0 bridgehead atoms. The molecule has 2 heterocycles. The van der Waals surface area contributed by atoms with E-state index in [1.807, 2.05) is 0 Å². The lowest BCUT2D eigenvalue weighted by Crippen LogP contribution is -2.26. The number of nitrogens with zero attached hydrogens (tertiary/aromatic N) is 4. The molecule has 2 aromatic heterocycles. The Balaban J connectivity index is 1.55. The molecule has 158 valence electrons. The van der Waals surface area contributed by atoms with E-state index in [9.17, 15) is 22.8 Å². The van der Waals surface area contributed by atoms with Crippen molar-refractivity contribution in [2.45, 2.75) is 44.8 Å². The van der Waals surface area contributed by atoms with Gasteiger partial charge in [-0.1, -0.05) is 0 Å². The van der Waals surface area contributed by atoms with E-state index >= 15 is 0 Å². The minimum Gasteiger partial charge on any atom is -0.461 e. The molecule has 0 radical (unpaired) electrons. The highest BCUT2D eigenvalue weighted by Gasteiger charge is 2.37.